The van der Waals surface area contributed by atoms with E-state index in [1.54, 1.807) is 4.90 Å². The Kier molecular flexibility index (Phi) is 2.98. The van der Waals surface area contributed by atoms with Crippen molar-refractivity contribution in [1.82, 2.24) is 9.47 Å². The molecule has 21 heavy (non-hydrogen) atoms. The second-order valence-electron chi connectivity index (χ2n) is 5.06. The highest BCUT2D eigenvalue weighted by molar-refractivity contribution is 5.98. The van der Waals surface area contributed by atoms with Crippen molar-refractivity contribution < 1.29 is 24.2 Å². The summed E-state index contributed by atoms with van der Waals surface area (Å²) in [6.45, 7) is 2.52. The maximum Gasteiger partial charge on any atom is 0.341 e. The molecule has 3 heterocycles. The second-order valence-corrected chi connectivity index (χ2v) is 5.06. The quantitative estimate of drug-likeness (QED) is 0.808. The van der Waals surface area contributed by atoms with Crippen LogP contribution in [0.15, 0.2) is 11.0 Å². The predicted molar refractivity (Wildman–Crippen MR) is 69.6 cm³/mol. The maximum atomic E-state index is 12.6. The van der Waals surface area contributed by atoms with Gasteiger partial charge >= 0.3 is 5.97 Å². The zero-order valence-corrected chi connectivity index (χ0v) is 11.5. The number of methoxy groups -OCH3 is 1. The lowest BCUT2D eigenvalue weighted by Crippen LogP contribution is -2.49. The van der Waals surface area contributed by atoms with Crippen LogP contribution in [0.4, 0.5) is 0 Å². The van der Waals surface area contributed by atoms with Crippen LogP contribution in [-0.2, 0) is 11.3 Å². The van der Waals surface area contributed by atoms with E-state index >= 15 is 0 Å². The number of amides is 1. The van der Waals surface area contributed by atoms with Gasteiger partial charge in [0.25, 0.3) is 5.91 Å². The molecule has 112 valence electrons. The minimum absolute atomic E-state index is 0.0705. The first-order valence-corrected chi connectivity index (χ1v) is 6.44. The van der Waals surface area contributed by atoms with Gasteiger partial charge in [-0.3, -0.25) is 9.59 Å². The number of nitrogens with zero attached hydrogens (tertiary/aromatic N) is 2. The topological polar surface area (TPSA) is 98.1 Å². The van der Waals surface area contributed by atoms with Crippen LogP contribution in [0.5, 0.6) is 5.75 Å². The molecule has 1 fully saturated rings. The highest BCUT2D eigenvalue weighted by Crippen LogP contribution is 2.29. The first-order chi connectivity index (χ1) is 9.95. The summed E-state index contributed by atoms with van der Waals surface area (Å²) in [6.07, 6.45) is 0.721. The van der Waals surface area contributed by atoms with Gasteiger partial charge < -0.3 is 24.0 Å². The molecule has 3 rings (SSSR count). The standard InChI is InChI=1S/C13H14N2O6/c1-6-5-21-8-4-14-3-7(13(18)19)10(16)11(20-2)9(14)12(17)15(6)8/h3,6,8H,4-5H2,1-2H3,(H,18,19)/t6-,8+/m1/s1. The lowest BCUT2D eigenvalue weighted by molar-refractivity contribution is 0.00613. The number of carboxylic acids is 1. The predicted octanol–water partition coefficient (Wildman–Crippen LogP) is -0.244. The second kappa shape index (κ2) is 4.59. The van der Waals surface area contributed by atoms with E-state index in [2.05, 4.69) is 0 Å². The van der Waals surface area contributed by atoms with Crippen molar-refractivity contribution in [1.29, 1.82) is 0 Å². The van der Waals surface area contributed by atoms with Gasteiger partial charge in [-0.2, -0.15) is 0 Å². The molecule has 1 aromatic rings. The fourth-order valence-electron chi connectivity index (χ4n) is 2.80. The maximum absolute atomic E-state index is 12.6. The van der Waals surface area contributed by atoms with Crippen LogP contribution >= 0.6 is 0 Å². The van der Waals surface area contributed by atoms with Gasteiger partial charge in [0.05, 0.1) is 26.3 Å². The Bertz CT molecular complexity index is 695. The molecule has 0 saturated carbocycles. The highest BCUT2D eigenvalue weighted by Gasteiger charge is 2.43. The molecule has 0 spiro atoms. The lowest BCUT2D eigenvalue weighted by atomic mass is 10.1. The van der Waals surface area contributed by atoms with Crippen molar-refractivity contribution in [2.45, 2.75) is 25.7 Å². The van der Waals surface area contributed by atoms with E-state index < -0.39 is 23.2 Å². The number of hydrogen-bond donors (Lipinski definition) is 1. The van der Waals surface area contributed by atoms with Crippen LogP contribution < -0.4 is 10.2 Å². The zero-order valence-electron chi connectivity index (χ0n) is 11.5. The summed E-state index contributed by atoms with van der Waals surface area (Å²) < 4.78 is 11.9. The number of hydrogen-bond acceptors (Lipinski definition) is 5. The number of carbonyl (C=O) groups excluding carboxylic acids is 1. The highest BCUT2D eigenvalue weighted by atomic mass is 16.5. The first kappa shape index (κ1) is 13.6. The molecule has 8 nitrogen and oxygen atoms in total. The average Bonchev–Trinajstić information content (AvgIpc) is 2.80. The van der Waals surface area contributed by atoms with Gasteiger partial charge in [0.2, 0.25) is 5.43 Å². The molecule has 2 aliphatic heterocycles. The summed E-state index contributed by atoms with van der Waals surface area (Å²) in [5.74, 6) is -1.98. The third-order valence-electron chi connectivity index (χ3n) is 3.78. The zero-order chi connectivity index (χ0) is 15.3. The molecule has 0 aromatic carbocycles. The molecule has 1 saturated heterocycles. The third-order valence-corrected chi connectivity index (χ3v) is 3.78. The van der Waals surface area contributed by atoms with Gasteiger partial charge in [0, 0.05) is 6.20 Å². The molecule has 0 radical (unpaired) electrons. The summed E-state index contributed by atoms with van der Waals surface area (Å²) in [6, 6.07) is -0.102. The summed E-state index contributed by atoms with van der Waals surface area (Å²) in [4.78, 5) is 37.4. The van der Waals surface area contributed by atoms with Crippen LogP contribution in [0.25, 0.3) is 0 Å². The van der Waals surface area contributed by atoms with Crippen molar-refractivity contribution in [2.24, 2.45) is 0 Å². The number of pyridine rings is 1. The molecular formula is C13H14N2O6. The van der Waals surface area contributed by atoms with E-state index in [1.165, 1.54) is 17.9 Å². The average molecular weight is 294 g/mol. The molecule has 0 aliphatic carbocycles. The van der Waals surface area contributed by atoms with E-state index in [9.17, 15) is 14.4 Å². The van der Waals surface area contributed by atoms with Crippen LogP contribution in [-0.4, -0.2) is 52.4 Å². The monoisotopic (exact) mass is 294 g/mol. The normalized spacial score (nSPS) is 23.7. The Hall–Kier alpha value is -2.35. The van der Waals surface area contributed by atoms with Gasteiger partial charge in [-0.1, -0.05) is 0 Å². The largest absolute Gasteiger partial charge is 0.491 e. The molecule has 8 heteroatoms. The van der Waals surface area contributed by atoms with Gasteiger partial charge in [-0.15, -0.1) is 0 Å². The number of rotatable bonds is 2. The van der Waals surface area contributed by atoms with Crippen molar-refractivity contribution >= 4 is 11.9 Å². The number of aromatic nitrogens is 1. The summed E-state index contributed by atoms with van der Waals surface area (Å²) in [7, 11) is 1.24. The van der Waals surface area contributed by atoms with Gasteiger partial charge in [-0.05, 0) is 6.92 Å². The van der Waals surface area contributed by atoms with E-state index in [0.29, 0.717) is 6.61 Å². The van der Waals surface area contributed by atoms with Gasteiger partial charge in [0.15, 0.2) is 17.7 Å². The molecule has 1 N–H and O–H groups in total. The fourth-order valence-corrected chi connectivity index (χ4v) is 2.80. The SMILES string of the molecule is COc1c2n(cc(C(=O)O)c1=O)C[C@@H]1OC[C@@H](C)N1C2=O. The Morgan fingerprint density at radius 2 is 2.19 bits per heavy atom. The lowest BCUT2D eigenvalue weighted by Gasteiger charge is -2.34. The number of carbonyl (C=O) groups is 2. The summed E-state index contributed by atoms with van der Waals surface area (Å²) in [5, 5.41) is 9.09. The minimum Gasteiger partial charge on any atom is -0.491 e. The van der Waals surface area contributed by atoms with E-state index in [0.717, 1.165) is 0 Å². The van der Waals surface area contributed by atoms with Crippen molar-refractivity contribution in [3.05, 3.63) is 27.7 Å². The summed E-state index contributed by atoms with van der Waals surface area (Å²) >= 11 is 0. The smallest absolute Gasteiger partial charge is 0.341 e. The van der Waals surface area contributed by atoms with Gasteiger partial charge in [-0.25, -0.2) is 4.79 Å². The van der Waals surface area contributed by atoms with E-state index in [-0.39, 0.29) is 29.9 Å². The van der Waals surface area contributed by atoms with Crippen molar-refractivity contribution in [3.8, 4) is 5.75 Å². The Labute approximate surface area is 119 Å². The van der Waals surface area contributed by atoms with Crippen LogP contribution in [0.3, 0.4) is 0 Å². The van der Waals surface area contributed by atoms with Crippen LogP contribution in [0.1, 0.15) is 27.8 Å². The van der Waals surface area contributed by atoms with Crippen molar-refractivity contribution in [2.75, 3.05) is 13.7 Å². The number of aromatic carboxylic acids is 1. The summed E-state index contributed by atoms with van der Waals surface area (Å²) in [5.41, 5.74) is -1.15. The number of carboxylic acid groups (broad SMARTS) is 1. The molecular weight excluding hydrogens is 280 g/mol. The molecule has 0 unspecified atom stereocenters. The molecule has 0 bridgehead atoms. The van der Waals surface area contributed by atoms with Crippen LogP contribution in [0, 0.1) is 0 Å². The molecule has 2 aliphatic rings. The Balaban J connectivity index is 2.23. The molecule has 2 atom stereocenters. The van der Waals surface area contributed by atoms with Crippen molar-refractivity contribution in [3.63, 3.8) is 0 Å². The van der Waals surface area contributed by atoms with Crippen LogP contribution in [0.2, 0.25) is 0 Å². The molecule has 1 amide bonds. The number of fused-ring (bicyclic) bond motifs is 2. The van der Waals surface area contributed by atoms with E-state index in [1.807, 2.05) is 6.92 Å². The number of ether oxygens (including phenoxy) is 2. The first-order valence-electron chi connectivity index (χ1n) is 6.44. The Morgan fingerprint density at radius 1 is 1.48 bits per heavy atom. The van der Waals surface area contributed by atoms with Gasteiger partial charge in [0.1, 0.15) is 5.56 Å². The molecule has 1 aromatic heterocycles. The minimum atomic E-state index is -1.36. The Morgan fingerprint density at radius 3 is 2.81 bits per heavy atom. The fraction of sp³-hybridized carbons (Fsp3) is 0.462. The third kappa shape index (κ3) is 1.83. The van der Waals surface area contributed by atoms with E-state index in [4.69, 9.17) is 14.6 Å².